The van der Waals surface area contributed by atoms with Crippen LogP contribution in [0, 0.1) is 11.8 Å². The minimum Gasteiger partial charge on any atom is -0.466 e. The number of hydrogen-bond donors (Lipinski definition) is 0. The first-order valence-corrected chi connectivity index (χ1v) is 27.4. The fourth-order valence-electron chi connectivity index (χ4n) is 8.69. The molecule has 0 radical (unpaired) electrons. The summed E-state index contributed by atoms with van der Waals surface area (Å²) in [4.78, 5) is 43.5. The van der Waals surface area contributed by atoms with Crippen LogP contribution >= 0.6 is 0 Å². The Morgan fingerprint density at radius 3 is 1.13 bits per heavy atom. The van der Waals surface area contributed by atoms with Gasteiger partial charge in [0.15, 0.2) is 0 Å². The molecule has 2 unspecified atom stereocenters. The Morgan fingerprint density at radius 1 is 0.365 bits per heavy atom. The van der Waals surface area contributed by atoms with Gasteiger partial charge in [0, 0.05) is 32.5 Å². The van der Waals surface area contributed by atoms with E-state index < -0.39 is 6.16 Å². The van der Waals surface area contributed by atoms with E-state index >= 15 is 0 Å². The summed E-state index contributed by atoms with van der Waals surface area (Å²) in [5.41, 5.74) is 0. The number of hydrogen-bond acceptors (Lipinski definition) is 9. The van der Waals surface area contributed by atoms with E-state index in [-0.39, 0.29) is 18.0 Å². The van der Waals surface area contributed by atoms with Crippen molar-refractivity contribution in [2.75, 3.05) is 59.1 Å². The fraction of sp³-hybridized carbons (Fsp3) is 0.944. The molecule has 0 N–H and O–H groups in total. The molecule has 374 valence electrons. The summed E-state index contributed by atoms with van der Waals surface area (Å²) in [5, 5.41) is 0. The Bertz CT molecular complexity index is 953. The third-order valence-corrected chi connectivity index (χ3v) is 13.1. The lowest BCUT2D eigenvalue weighted by Crippen LogP contribution is -2.37. The van der Waals surface area contributed by atoms with E-state index in [1.807, 2.05) is 0 Å². The molecule has 0 amide bonds. The molecule has 0 aliphatic rings. The van der Waals surface area contributed by atoms with Crippen molar-refractivity contribution >= 4 is 18.1 Å². The van der Waals surface area contributed by atoms with Gasteiger partial charge in [0.2, 0.25) is 0 Å². The van der Waals surface area contributed by atoms with Crippen LogP contribution in [0.5, 0.6) is 0 Å². The van der Waals surface area contributed by atoms with Gasteiger partial charge in [-0.1, -0.05) is 177 Å². The minimum absolute atomic E-state index is 0.0753. The molecule has 0 spiro atoms. The van der Waals surface area contributed by atoms with Gasteiger partial charge in [-0.25, -0.2) is 4.79 Å². The van der Waals surface area contributed by atoms with E-state index in [1.54, 1.807) is 0 Å². The van der Waals surface area contributed by atoms with Crippen LogP contribution in [0.25, 0.3) is 0 Å². The summed E-state index contributed by atoms with van der Waals surface area (Å²) in [7, 11) is 0. The van der Waals surface area contributed by atoms with Crippen LogP contribution in [-0.2, 0) is 28.5 Å². The molecule has 0 heterocycles. The zero-order valence-corrected chi connectivity index (χ0v) is 43.0. The van der Waals surface area contributed by atoms with E-state index in [1.165, 1.54) is 128 Å². The fourth-order valence-corrected chi connectivity index (χ4v) is 8.69. The Labute approximate surface area is 391 Å². The number of carbonyl (C=O) groups is 3. The standard InChI is InChI=1S/C54H106N2O7/c1-8-15-19-21-23-25-29-37-49(35-27-17-10-3)47-52(57)60-44-33-31-39-51(63-54(59)62-46-43-56(14-7)42-41-55(12-5)13-6)40-32-34-45-61-53(58)48-50(36-28-18-11-4)38-30-26-24-22-20-16-9-2/h49-51H,8-48H2,1-7H3. The molecule has 9 nitrogen and oxygen atoms in total. The molecule has 0 fully saturated rings. The van der Waals surface area contributed by atoms with Crippen LogP contribution in [0.4, 0.5) is 4.79 Å². The molecular weight excluding hydrogens is 789 g/mol. The Balaban J connectivity index is 5.03. The van der Waals surface area contributed by atoms with Crippen LogP contribution < -0.4 is 0 Å². The maximum absolute atomic E-state index is 12.9. The van der Waals surface area contributed by atoms with Gasteiger partial charge in [-0.05, 0) is 95.7 Å². The van der Waals surface area contributed by atoms with Gasteiger partial charge < -0.3 is 23.8 Å². The number of esters is 2. The lowest BCUT2D eigenvalue weighted by molar-refractivity contribution is -0.146. The quantitative estimate of drug-likeness (QED) is 0.0336. The van der Waals surface area contributed by atoms with Crippen molar-refractivity contribution in [2.45, 2.75) is 260 Å². The maximum Gasteiger partial charge on any atom is 0.508 e. The summed E-state index contributed by atoms with van der Waals surface area (Å²) in [5.74, 6) is 0.677. The summed E-state index contributed by atoms with van der Waals surface area (Å²) in [6.45, 7) is 22.1. The molecule has 0 aliphatic heterocycles. The van der Waals surface area contributed by atoms with E-state index in [9.17, 15) is 14.4 Å². The molecule has 2 atom stereocenters. The minimum atomic E-state index is -0.622. The van der Waals surface area contributed by atoms with Gasteiger partial charge in [-0.3, -0.25) is 14.5 Å². The normalized spacial score (nSPS) is 13.0. The number of nitrogens with zero attached hydrogens (tertiary/aromatic N) is 2. The predicted octanol–water partition coefficient (Wildman–Crippen LogP) is 15.1. The van der Waals surface area contributed by atoms with Gasteiger partial charge >= 0.3 is 18.1 Å². The third-order valence-electron chi connectivity index (χ3n) is 13.1. The number of carbonyl (C=O) groups excluding carboxylic acids is 3. The van der Waals surface area contributed by atoms with Crippen molar-refractivity contribution in [1.29, 1.82) is 0 Å². The van der Waals surface area contributed by atoms with Crippen molar-refractivity contribution in [3.63, 3.8) is 0 Å². The van der Waals surface area contributed by atoms with Crippen LogP contribution in [-0.4, -0.2) is 93.1 Å². The van der Waals surface area contributed by atoms with Crippen molar-refractivity contribution in [3.8, 4) is 0 Å². The molecule has 0 saturated heterocycles. The largest absolute Gasteiger partial charge is 0.508 e. The molecule has 9 heteroatoms. The number of rotatable bonds is 48. The molecule has 0 aromatic rings. The van der Waals surface area contributed by atoms with Crippen molar-refractivity contribution in [1.82, 2.24) is 9.80 Å². The number of unbranched alkanes of at least 4 members (excludes halogenated alkanes) is 18. The molecule has 0 bridgehead atoms. The maximum atomic E-state index is 12.9. The molecule has 0 aliphatic carbocycles. The Hall–Kier alpha value is -1.87. The highest BCUT2D eigenvalue weighted by molar-refractivity contribution is 5.70. The zero-order chi connectivity index (χ0) is 46.4. The van der Waals surface area contributed by atoms with Crippen LogP contribution in [0.1, 0.15) is 254 Å². The van der Waals surface area contributed by atoms with Crippen LogP contribution in [0.15, 0.2) is 0 Å². The zero-order valence-electron chi connectivity index (χ0n) is 43.0. The van der Waals surface area contributed by atoms with E-state index in [0.717, 1.165) is 84.1 Å². The highest BCUT2D eigenvalue weighted by Crippen LogP contribution is 2.24. The van der Waals surface area contributed by atoms with Gasteiger partial charge in [-0.2, -0.15) is 0 Å². The second-order valence-corrected chi connectivity index (χ2v) is 18.7. The van der Waals surface area contributed by atoms with Crippen molar-refractivity contribution in [3.05, 3.63) is 0 Å². The highest BCUT2D eigenvalue weighted by atomic mass is 16.7. The first-order chi connectivity index (χ1) is 30.8. The van der Waals surface area contributed by atoms with Crippen molar-refractivity contribution < 1.29 is 33.3 Å². The Kier molecular flexibility index (Phi) is 45.3. The molecule has 0 aromatic carbocycles. The lowest BCUT2D eigenvalue weighted by atomic mass is 9.92. The molecule has 0 rings (SSSR count). The second kappa shape index (κ2) is 46.7. The van der Waals surface area contributed by atoms with E-state index in [4.69, 9.17) is 18.9 Å². The highest BCUT2D eigenvalue weighted by Gasteiger charge is 2.19. The Morgan fingerprint density at radius 2 is 0.714 bits per heavy atom. The summed E-state index contributed by atoms with van der Waals surface area (Å²) in [6, 6.07) is 0. The first kappa shape index (κ1) is 61.1. The van der Waals surface area contributed by atoms with Gasteiger partial charge in [0.05, 0.1) is 13.2 Å². The second-order valence-electron chi connectivity index (χ2n) is 18.7. The predicted molar refractivity (Wildman–Crippen MR) is 265 cm³/mol. The van der Waals surface area contributed by atoms with Crippen LogP contribution in [0.2, 0.25) is 0 Å². The molecular formula is C54H106N2O7. The van der Waals surface area contributed by atoms with Crippen molar-refractivity contribution in [2.24, 2.45) is 11.8 Å². The van der Waals surface area contributed by atoms with Gasteiger partial charge in [0.1, 0.15) is 12.7 Å². The average Bonchev–Trinajstić information content (AvgIpc) is 3.27. The number of ether oxygens (including phenoxy) is 4. The smallest absolute Gasteiger partial charge is 0.466 e. The molecule has 0 saturated carbocycles. The van der Waals surface area contributed by atoms with E-state index in [0.29, 0.717) is 63.9 Å². The van der Waals surface area contributed by atoms with Gasteiger partial charge in [-0.15, -0.1) is 0 Å². The first-order valence-electron chi connectivity index (χ1n) is 27.4. The van der Waals surface area contributed by atoms with Gasteiger partial charge in [0.25, 0.3) is 0 Å². The topological polar surface area (TPSA) is 94.6 Å². The van der Waals surface area contributed by atoms with E-state index in [2.05, 4.69) is 58.3 Å². The molecule has 63 heavy (non-hydrogen) atoms. The number of likely N-dealkylation sites (N-methyl/N-ethyl adjacent to an activating group) is 2. The summed E-state index contributed by atoms with van der Waals surface area (Å²) in [6.07, 6.45) is 34.2. The average molecular weight is 895 g/mol. The lowest BCUT2D eigenvalue weighted by Gasteiger charge is -2.25. The summed E-state index contributed by atoms with van der Waals surface area (Å²) >= 11 is 0. The van der Waals surface area contributed by atoms with Crippen LogP contribution in [0.3, 0.4) is 0 Å². The molecule has 0 aromatic heterocycles. The monoisotopic (exact) mass is 895 g/mol. The SMILES string of the molecule is CCCCCCCCCC(CCCCC)CC(=O)OCCCCC(CCCCOC(=O)CC(CCCCC)CCCCCCCCC)OC(=O)OCCN(CC)CCN(CC)CC. The third kappa shape index (κ3) is 40.2. The summed E-state index contributed by atoms with van der Waals surface area (Å²) < 4.78 is 23.0.